The lowest BCUT2D eigenvalue weighted by Crippen LogP contribution is -2.44. The van der Waals surface area contributed by atoms with E-state index in [1.165, 1.54) is 19.1 Å². The normalized spacial score (nSPS) is 25.6. The summed E-state index contributed by atoms with van der Waals surface area (Å²) < 4.78 is 18.2. The summed E-state index contributed by atoms with van der Waals surface area (Å²) in [7, 11) is 0. The Balaban J connectivity index is 1.79. The maximum absolute atomic E-state index is 12.8. The minimum absolute atomic E-state index is 0.150. The molecule has 1 saturated heterocycles. The van der Waals surface area contributed by atoms with E-state index in [0.717, 1.165) is 5.56 Å². The molecule has 1 heterocycles. The third-order valence-corrected chi connectivity index (χ3v) is 3.32. The molecule has 0 unspecified atom stereocenters. The Morgan fingerprint density at radius 2 is 2.15 bits per heavy atom. The molecule has 1 amide bonds. The summed E-state index contributed by atoms with van der Waals surface area (Å²) in [4.78, 5) is 10.8. The fourth-order valence-corrected chi connectivity index (χ4v) is 2.14. The van der Waals surface area contributed by atoms with E-state index in [1.54, 1.807) is 12.1 Å². The van der Waals surface area contributed by atoms with Gasteiger partial charge in [0.15, 0.2) is 0 Å². The monoisotopic (exact) mass is 282 g/mol. The van der Waals surface area contributed by atoms with Gasteiger partial charge in [-0.15, -0.1) is 0 Å². The van der Waals surface area contributed by atoms with Gasteiger partial charge in [-0.1, -0.05) is 12.1 Å². The highest BCUT2D eigenvalue weighted by molar-refractivity contribution is 5.72. The van der Waals surface area contributed by atoms with E-state index < -0.39 is 12.2 Å². The van der Waals surface area contributed by atoms with Gasteiger partial charge in [-0.05, 0) is 17.7 Å². The molecule has 0 aromatic heterocycles. The van der Waals surface area contributed by atoms with Gasteiger partial charge in [-0.2, -0.15) is 0 Å². The van der Waals surface area contributed by atoms with E-state index in [4.69, 9.17) is 4.74 Å². The molecule has 3 N–H and O–H groups in total. The van der Waals surface area contributed by atoms with Crippen molar-refractivity contribution >= 4 is 5.91 Å². The van der Waals surface area contributed by atoms with Gasteiger partial charge in [0.05, 0.1) is 18.8 Å². The third kappa shape index (κ3) is 4.00. The zero-order valence-electron chi connectivity index (χ0n) is 11.3. The molecule has 0 aliphatic carbocycles. The van der Waals surface area contributed by atoms with E-state index in [-0.39, 0.29) is 17.8 Å². The summed E-state index contributed by atoms with van der Waals surface area (Å²) in [5.74, 6) is -0.420. The smallest absolute Gasteiger partial charge is 0.216 e. The van der Waals surface area contributed by atoms with Crippen LogP contribution < -0.4 is 10.6 Å². The lowest BCUT2D eigenvalue weighted by Gasteiger charge is -2.18. The van der Waals surface area contributed by atoms with Crippen molar-refractivity contribution < 1.29 is 19.0 Å². The van der Waals surface area contributed by atoms with Crippen LogP contribution >= 0.6 is 0 Å². The molecule has 1 aliphatic rings. The maximum atomic E-state index is 12.8. The molecule has 1 aliphatic heterocycles. The summed E-state index contributed by atoms with van der Waals surface area (Å²) in [6, 6.07) is 5.99. The van der Waals surface area contributed by atoms with Crippen LogP contribution in [0.2, 0.25) is 0 Å². The van der Waals surface area contributed by atoms with E-state index in [0.29, 0.717) is 19.7 Å². The van der Waals surface area contributed by atoms with Gasteiger partial charge < -0.3 is 20.5 Å². The van der Waals surface area contributed by atoms with Crippen LogP contribution in [0.1, 0.15) is 12.5 Å². The highest BCUT2D eigenvalue weighted by Gasteiger charge is 2.35. The third-order valence-electron chi connectivity index (χ3n) is 3.32. The fraction of sp³-hybridized carbons (Fsp3) is 0.500. The molecule has 0 radical (unpaired) electrons. The van der Waals surface area contributed by atoms with Crippen LogP contribution in [0.4, 0.5) is 4.39 Å². The number of amides is 1. The van der Waals surface area contributed by atoms with E-state index in [1.807, 2.05) is 0 Å². The van der Waals surface area contributed by atoms with Gasteiger partial charge in [0.25, 0.3) is 0 Å². The van der Waals surface area contributed by atoms with Crippen molar-refractivity contribution in [2.45, 2.75) is 31.7 Å². The Morgan fingerprint density at radius 1 is 1.45 bits per heavy atom. The van der Waals surface area contributed by atoms with Crippen LogP contribution in [0.25, 0.3) is 0 Å². The van der Waals surface area contributed by atoms with Crippen molar-refractivity contribution in [2.75, 3.05) is 13.2 Å². The number of aliphatic hydroxyl groups is 1. The first kappa shape index (κ1) is 14.9. The summed E-state index contributed by atoms with van der Waals surface area (Å²) in [5, 5.41) is 15.9. The van der Waals surface area contributed by atoms with Gasteiger partial charge in [0.1, 0.15) is 11.9 Å². The summed E-state index contributed by atoms with van der Waals surface area (Å²) in [5.41, 5.74) is 0.934. The molecular formula is C14H19FN2O3. The minimum Gasteiger partial charge on any atom is -0.389 e. The second-order valence-electron chi connectivity index (χ2n) is 4.91. The van der Waals surface area contributed by atoms with Crippen LogP contribution in [0.5, 0.6) is 0 Å². The first-order valence-electron chi connectivity index (χ1n) is 6.58. The fourth-order valence-electron chi connectivity index (χ4n) is 2.14. The first-order valence-corrected chi connectivity index (χ1v) is 6.58. The number of hydrogen-bond donors (Lipinski definition) is 3. The second-order valence-corrected chi connectivity index (χ2v) is 4.91. The zero-order valence-corrected chi connectivity index (χ0v) is 11.3. The van der Waals surface area contributed by atoms with Crippen molar-refractivity contribution in [3.8, 4) is 0 Å². The van der Waals surface area contributed by atoms with E-state index >= 15 is 0 Å². The number of rotatable bonds is 5. The number of halogens is 1. The van der Waals surface area contributed by atoms with Crippen LogP contribution in [0, 0.1) is 5.82 Å². The Bertz CT molecular complexity index is 452. The molecular weight excluding hydrogens is 263 g/mol. The van der Waals surface area contributed by atoms with Gasteiger partial charge in [-0.3, -0.25) is 4.79 Å². The maximum Gasteiger partial charge on any atom is 0.216 e. The van der Waals surface area contributed by atoms with Crippen LogP contribution in [0.3, 0.4) is 0 Å². The van der Waals surface area contributed by atoms with Crippen molar-refractivity contribution in [1.29, 1.82) is 0 Å². The lowest BCUT2D eigenvalue weighted by atomic mass is 10.1. The highest BCUT2D eigenvalue weighted by atomic mass is 19.1. The van der Waals surface area contributed by atoms with Crippen LogP contribution in [-0.4, -0.2) is 42.4 Å². The molecule has 0 bridgehead atoms. The SMILES string of the molecule is CC(=O)NC[C@H]1OC[C@@H](NCc2ccc(F)cc2)[C@@H]1O. The summed E-state index contributed by atoms with van der Waals surface area (Å²) in [6.07, 6.45) is -1.08. The Morgan fingerprint density at radius 3 is 2.80 bits per heavy atom. The average Bonchev–Trinajstić information content (AvgIpc) is 2.77. The number of nitrogens with one attached hydrogen (secondary N) is 2. The summed E-state index contributed by atoms with van der Waals surface area (Å²) in [6.45, 7) is 2.63. The van der Waals surface area contributed by atoms with E-state index in [2.05, 4.69) is 10.6 Å². The van der Waals surface area contributed by atoms with Gasteiger partial charge in [-0.25, -0.2) is 4.39 Å². The second kappa shape index (κ2) is 6.78. The Hall–Kier alpha value is -1.50. The number of ether oxygens (including phenoxy) is 1. The standard InChI is InChI=1S/C14H19FN2O3/c1-9(18)16-7-13-14(19)12(8-20-13)17-6-10-2-4-11(15)5-3-10/h2-5,12-14,17,19H,6-8H2,1H3,(H,16,18)/t12-,13-,14+/m1/s1. The molecule has 110 valence electrons. The molecule has 2 rings (SSSR count). The molecule has 1 aromatic carbocycles. The number of benzene rings is 1. The minimum atomic E-state index is -0.678. The molecule has 5 nitrogen and oxygen atoms in total. The molecule has 20 heavy (non-hydrogen) atoms. The van der Waals surface area contributed by atoms with Gasteiger partial charge in [0.2, 0.25) is 5.91 Å². The summed E-state index contributed by atoms with van der Waals surface area (Å²) >= 11 is 0. The average molecular weight is 282 g/mol. The van der Waals surface area contributed by atoms with E-state index in [9.17, 15) is 14.3 Å². The lowest BCUT2D eigenvalue weighted by molar-refractivity contribution is -0.119. The predicted molar refractivity (Wildman–Crippen MR) is 71.5 cm³/mol. The van der Waals surface area contributed by atoms with Crippen molar-refractivity contribution in [3.05, 3.63) is 35.6 Å². The number of aliphatic hydroxyl groups excluding tert-OH is 1. The largest absolute Gasteiger partial charge is 0.389 e. The van der Waals surface area contributed by atoms with Gasteiger partial charge in [0, 0.05) is 20.0 Å². The van der Waals surface area contributed by atoms with Crippen LogP contribution in [0.15, 0.2) is 24.3 Å². The highest BCUT2D eigenvalue weighted by Crippen LogP contribution is 2.14. The Kier molecular flexibility index (Phi) is 5.05. The van der Waals surface area contributed by atoms with Crippen molar-refractivity contribution in [3.63, 3.8) is 0 Å². The number of hydrogen-bond acceptors (Lipinski definition) is 4. The predicted octanol–water partition coefficient (Wildman–Crippen LogP) is 0.180. The van der Waals surface area contributed by atoms with Gasteiger partial charge >= 0.3 is 0 Å². The molecule has 0 spiro atoms. The van der Waals surface area contributed by atoms with Crippen LogP contribution in [-0.2, 0) is 16.1 Å². The Labute approximate surface area is 117 Å². The molecule has 0 saturated carbocycles. The zero-order chi connectivity index (χ0) is 14.5. The topological polar surface area (TPSA) is 70.6 Å². The number of carbonyl (C=O) groups is 1. The molecule has 6 heteroatoms. The molecule has 1 aromatic rings. The quantitative estimate of drug-likeness (QED) is 0.720. The van der Waals surface area contributed by atoms with Crippen molar-refractivity contribution in [1.82, 2.24) is 10.6 Å². The first-order chi connectivity index (χ1) is 9.56. The number of carbonyl (C=O) groups excluding carboxylic acids is 1. The molecule has 1 fully saturated rings. The van der Waals surface area contributed by atoms with Crippen molar-refractivity contribution in [2.24, 2.45) is 0 Å². The molecule has 3 atom stereocenters.